The molecule has 3 rings (SSSR count). The van der Waals surface area contributed by atoms with Crippen LogP contribution in [0.4, 0.5) is 10.1 Å². The van der Waals surface area contributed by atoms with E-state index in [1.54, 1.807) is 11.0 Å². The highest BCUT2D eigenvalue weighted by Crippen LogP contribution is 2.21. The smallest absolute Gasteiger partial charge is 0.226 e. The van der Waals surface area contributed by atoms with Crippen LogP contribution in [0.5, 0.6) is 0 Å². The van der Waals surface area contributed by atoms with Gasteiger partial charge in [0.1, 0.15) is 5.82 Å². The summed E-state index contributed by atoms with van der Waals surface area (Å²) in [6.07, 6.45) is 2.52. The zero-order valence-electron chi connectivity index (χ0n) is 15.3. The van der Waals surface area contributed by atoms with Gasteiger partial charge in [0, 0.05) is 24.2 Å². The molecule has 0 saturated carbocycles. The van der Waals surface area contributed by atoms with Gasteiger partial charge in [0.2, 0.25) is 15.9 Å². The third kappa shape index (κ3) is 5.65. The lowest BCUT2D eigenvalue weighted by Gasteiger charge is -2.26. The van der Waals surface area contributed by atoms with Gasteiger partial charge < -0.3 is 4.90 Å². The van der Waals surface area contributed by atoms with Gasteiger partial charge in [-0.2, -0.15) is 0 Å². The number of hydrogen-bond acceptors (Lipinski definition) is 3. The topological polar surface area (TPSA) is 66.5 Å². The number of nitrogens with one attached hydrogen (secondary N) is 1. The quantitative estimate of drug-likeness (QED) is 0.785. The molecule has 2 aromatic carbocycles. The summed E-state index contributed by atoms with van der Waals surface area (Å²) in [5, 5.41) is 0. The predicted octanol–water partition coefficient (Wildman–Crippen LogP) is 2.81. The monoisotopic (exact) mass is 400 g/mol. The third-order valence-corrected chi connectivity index (χ3v) is 5.66. The minimum absolute atomic E-state index is 0.0377. The molecule has 0 radical (unpaired) electrons. The van der Waals surface area contributed by atoms with Crippen LogP contribution in [0.15, 0.2) is 48.5 Å². The lowest BCUT2D eigenvalue weighted by Crippen LogP contribution is -2.35. The van der Waals surface area contributed by atoms with E-state index in [0.717, 1.165) is 30.6 Å². The molecule has 0 aliphatic carbocycles. The molecule has 28 heavy (non-hydrogen) atoms. The number of carbonyl (C=O) groups is 1. The van der Waals surface area contributed by atoms with E-state index in [2.05, 4.69) is 16.6 Å². The average Bonchev–Trinajstić information content (AvgIpc) is 2.66. The molecule has 1 fully saturated rings. The summed E-state index contributed by atoms with van der Waals surface area (Å²) in [7, 11) is -3.60. The molecule has 0 spiro atoms. The summed E-state index contributed by atoms with van der Waals surface area (Å²) in [5.74, 6) is 5.03. The first-order valence-electron chi connectivity index (χ1n) is 9.04. The Morgan fingerprint density at radius 2 is 1.89 bits per heavy atom. The molecule has 1 aliphatic heterocycles. The first-order valence-corrected chi connectivity index (χ1v) is 10.7. The molecule has 0 atom stereocenters. The Kier molecular flexibility index (Phi) is 6.45. The number of piperidine rings is 1. The molecular weight excluding hydrogens is 379 g/mol. The van der Waals surface area contributed by atoms with Gasteiger partial charge >= 0.3 is 0 Å². The number of nitrogens with zero attached hydrogens (tertiary/aromatic N) is 1. The largest absolute Gasteiger partial charge is 0.312 e. The summed E-state index contributed by atoms with van der Waals surface area (Å²) < 4.78 is 39.6. The Morgan fingerprint density at radius 3 is 2.61 bits per heavy atom. The van der Waals surface area contributed by atoms with E-state index >= 15 is 0 Å². The predicted molar refractivity (Wildman–Crippen MR) is 107 cm³/mol. The number of anilines is 1. The van der Waals surface area contributed by atoms with Crippen LogP contribution in [0.3, 0.4) is 0 Å². The van der Waals surface area contributed by atoms with E-state index in [9.17, 15) is 17.6 Å². The fourth-order valence-corrected chi connectivity index (χ4v) is 4.01. The van der Waals surface area contributed by atoms with Crippen molar-refractivity contribution in [2.45, 2.75) is 25.0 Å². The maximum absolute atomic E-state index is 13.1. The average molecular weight is 400 g/mol. The number of rotatable bonds is 5. The molecule has 0 bridgehead atoms. The van der Waals surface area contributed by atoms with E-state index in [4.69, 9.17) is 0 Å². The molecule has 7 heteroatoms. The van der Waals surface area contributed by atoms with Crippen LogP contribution < -0.4 is 9.62 Å². The number of benzene rings is 2. The van der Waals surface area contributed by atoms with E-state index in [0.29, 0.717) is 12.0 Å². The van der Waals surface area contributed by atoms with Gasteiger partial charge in [-0.15, -0.1) is 0 Å². The Morgan fingerprint density at radius 1 is 1.11 bits per heavy atom. The zero-order valence-corrected chi connectivity index (χ0v) is 16.1. The van der Waals surface area contributed by atoms with Crippen LogP contribution in [0.2, 0.25) is 0 Å². The van der Waals surface area contributed by atoms with Crippen LogP contribution in [-0.4, -0.2) is 27.4 Å². The number of sulfonamides is 1. The number of carbonyl (C=O) groups excluding carboxylic acids is 1. The lowest BCUT2D eigenvalue weighted by molar-refractivity contribution is -0.119. The maximum atomic E-state index is 13.1. The molecule has 1 N–H and O–H groups in total. The molecular formula is C21H21FN2O3S. The summed E-state index contributed by atoms with van der Waals surface area (Å²) in [6.45, 7) is 0.695. The number of hydrogen-bond donors (Lipinski definition) is 1. The highest BCUT2D eigenvalue weighted by atomic mass is 32.2. The molecule has 1 aliphatic rings. The van der Waals surface area contributed by atoms with Crippen LogP contribution in [0.1, 0.15) is 30.4 Å². The van der Waals surface area contributed by atoms with Gasteiger partial charge in [-0.3, -0.25) is 4.79 Å². The number of halogens is 1. The lowest BCUT2D eigenvalue weighted by atomic mass is 10.1. The van der Waals surface area contributed by atoms with Crippen molar-refractivity contribution in [3.63, 3.8) is 0 Å². The van der Waals surface area contributed by atoms with Crippen molar-refractivity contribution in [3.05, 3.63) is 65.5 Å². The summed E-state index contributed by atoms with van der Waals surface area (Å²) in [4.78, 5) is 13.7. The Hall–Kier alpha value is -2.69. The van der Waals surface area contributed by atoms with Gasteiger partial charge in [0.05, 0.1) is 12.3 Å². The van der Waals surface area contributed by atoms with Gasteiger partial charge in [0.15, 0.2) is 0 Å². The van der Waals surface area contributed by atoms with Gasteiger partial charge in [0.25, 0.3) is 0 Å². The van der Waals surface area contributed by atoms with Crippen molar-refractivity contribution in [2.24, 2.45) is 0 Å². The summed E-state index contributed by atoms with van der Waals surface area (Å²) in [6, 6.07) is 12.8. The molecule has 0 unspecified atom stereocenters. The van der Waals surface area contributed by atoms with E-state index in [-0.39, 0.29) is 18.2 Å². The first kappa shape index (κ1) is 20.1. The summed E-state index contributed by atoms with van der Waals surface area (Å²) in [5.41, 5.74) is 1.96. The fourth-order valence-electron chi connectivity index (χ4n) is 2.99. The molecule has 5 nitrogen and oxygen atoms in total. The normalized spacial score (nSPS) is 14.5. The second kappa shape index (κ2) is 9.00. The highest BCUT2D eigenvalue weighted by Gasteiger charge is 2.19. The van der Waals surface area contributed by atoms with E-state index in [1.807, 2.05) is 24.3 Å². The highest BCUT2D eigenvalue weighted by molar-refractivity contribution is 7.88. The SMILES string of the molecule is O=C1CCCCN1c1ccc(C#CCNS(=O)(=O)Cc2cccc(F)c2)cc1. The second-order valence-electron chi connectivity index (χ2n) is 6.56. The van der Waals surface area contributed by atoms with Crippen LogP contribution in [0.25, 0.3) is 0 Å². The maximum Gasteiger partial charge on any atom is 0.226 e. The van der Waals surface area contributed by atoms with Crippen molar-refractivity contribution in [1.82, 2.24) is 4.72 Å². The van der Waals surface area contributed by atoms with Crippen molar-refractivity contribution < 1.29 is 17.6 Å². The molecule has 2 aromatic rings. The molecule has 146 valence electrons. The molecule has 1 amide bonds. The fraction of sp³-hybridized carbons (Fsp3) is 0.286. The summed E-state index contributed by atoms with van der Waals surface area (Å²) >= 11 is 0. The Balaban J connectivity index is 1.54. The molecule has 1 heterocycles. The van der Waals surface area contributed by atoms with Crippen LogP contribution >= 0.6 is 0 Å². The van der Waals surface area contributed by atoms with Crippen molar-refractivity contribution in [3.8, 4) is 11.8 Å². The van der Waals surface area contributed by atoms with Gasteiger partial charge in [-0.25, -0.2) is 17.5 Å². The second-order valence-corrected chi connectivity index (χ2v) is 8.37. The van der Waals surface area contributed by atoms with Crippen LogP contribution in [0, 0.1) is 17.7 Å². The van der Waals surface area contributed by atoms with Gasteiger partial charge in [-0.1, -0.05) is 24.0 Å². The Bertz CT molecular complexity index is 1010. The van der Waals surface area contributed by atoms with Crippen LogP contribution in [-0.2, 0) is 20.6 Å². The Labute approximate surface area is 164 Å². The minimum atomic E-state index is -3.60. The molecule has 1 saturated heterocycles. The standard InChI is InChI=1S/C21H21FN2O3S/c22-19-7-3-5-18(15-19)16-28(26,27)23-13-4-6-17-9-11-20(12-10-17)24-14-2-1-8-21(24)25/h3,5,7,9-12,15,23H,1-2,8,13-14,16H2. The van der Waals surface area contributed by atoms with E-state index in [1.165, 1.54) is 18.2 Å². The third-order valence-electron chi connectivity index (χ3n) is 4.36. The van der Waals surface area contributed by atoms with Crippen molar-refractivity contribution in [1.29, 1.82) is 0 Å². The van der Waals surface area contributed by atoms with Crippen molar-refractivity contribution in [2.75, 3.05) is 18.0 Å². The first-order chi connectivity index (χ1) is 13.4. The van der Waals surface area contributed by atoms with E-state index < -0.39 is 15.8 Å². The minimum Gasteiger partial charge on any atom is -0.312 e. The molecule has 0 aromatic heterocycles. The van der Waals surface area contributed by atoms with Crippen molar-refractivity contribution >= 4 is 21.6 Å². The van der Waals surface area contributed by atoms with Gasteiger partial charge in [-0.05, 0) is 54.8 Å². The number of amides is 1. The zero-order chi connectivity index (χ0) is 20.0.